The van der Waals surface area contributed by atoms with Crippen LogP contribution in [0.2, 0.25) is 0 Å². The van der Waals surface area contributed by atoms with E-state index in [1.807, 2.05) is 6.07 Å². The first-order valence-corrected chi connectivity index (χ1v) is 10.3. The molecule has 0 radical (unpaired) electrons. The molecule has 1 aromatic carbocycles. The van der Waals surface area contributed by atoms with Crippen LogP contribution in [0.25, 0.3) is 6.08 Å². The van der Waals surface area contributed by atoms with Crippen LogP contribution in [0.4, 0.5) is 0 Å². The maximum Gasteiger partial charge on any atom is 0.349 e. The number of carbonyl (C=O) groups excluding carboxylic acids is 2. The summed E-state index contributed by atoms with van der Waals surface area (Å²) < 4.78 is 21.2. The fraction of sp³-hybridized carbons (Fsp3) is 0.522. The van der Waals surface area contributed by atoms with Gasteiger partial charge in [0.2, 0.25) is 6.79 Å². The molecule has 1 saturated carbocycles. The summed E-state index contributed by atoms with van der Waals surface area (Å²) in [4.78, 5) is 24.5. The largest absolute Gasteiger partial charge is 0.460 e. The average molecular weight is 413 g/mol. The third-order valence-electron chi connectivity index (χ3n) is 5.61. The normalized spacial score (nSPS) is 23.0. The SMILES string of the molecule is CC(C)[C@H]1CC[C@H](C)C[C@H]1OC(=O)COC(=O)/C(C#N)=C/c1ccc2c(c1)OCO2. The van der Waals surface area contributed by atoms with Crippen molar-refractivity contribution in [3.05, 3.63) is 29.3 Å². The lowest BCUT2D eigenvalue weighted by molar-refractivity contribution is -0.165. The predicted octanol–water partition coefficient (Wildman–Crippen LogP) is 3.87. The molecule has 160 valence electrons. The van der Waals surface area contributed by atoms with Gasteiger partial charge in [-0.2, -0.15) is 5.26 Å². The van der Waals surface area contributed by atoms with Gasteiger partial charge in [-0.3, -0.25) is 0 Å². The summed E-state index contributed by atoms with van der Waals surface area (Å²) in [6.07, 6.45) is 4.18. The van der Waals surface area contributed by atoms with Crippen LogP contribution in [0.3, 0.4) is 0 Å². The number of rotatable bonds is 6. The van der Waals surface area contributed by atoms with Gasteiger partial charge in [-0.15, -0.1) is 0 Å². The van der Waals surface area contributed by atoms with Crippen LogP contribution in [0, 0.1) is 29.1 Å². The minimum atomic E-state index is -0.871. The maximum absolute atomic E-state index is 12.3. The summed E-state index contributed by atoms with van der Waals surface area (Å²) in [5, 5.41) is 9.31. The smallest absolute Gasteiger partial charge is 0.349 e. The zero-order chi connectivity index (χ0) is 21.7. The lowest BCUT2D eigenvalue weighted by Crippen LogP contribution is -2.36. The highest BCUT2D eigenvalue weighted by Gasteiger charge is 2.33. The second-order valence-electron chi connectivity index (χ2n) is 8.21. The predicted molar refractivity (Wildman–Crippen MR) is 108 cm³/mol. The zero-order valence-corrected chi connectivity index (χ0v) is 17.6. The molecule has 0 bridgehead atoms. The molecule has 1 aliphatic carbocycles. The van der Waals surface area contributed by atoms with Crippen molar-refractivity contribution in [2.75, 3.05) is 13.4 Å². The second-order valence-corrected chi connectivity index (χ2v) is 8.21. The number of hydrogen-bond acceptors (Lipinski definition) is 7. The van der Waals surface area contributed by atoms with Crippen LogP contribution in [0.1, 0.15) is 45.6 Å². The monoisotopic (exact) mass is 413 g/mol. The molecule has 2 aliphatic rings. The maximum atomic E-state index is 12.3. The molecular formula is C23H27NO6. The summed E-state index contributed by atoms with van der Waals surface area (Å²) in [7, 11) is 0. The van der Waals surface area contributed by atoms with E-state index < -0.39 is 18.5 Å². The van der Waals surface area contributed by atoms with Gasteiger partial charge in [0.25, 0.3) is 0 Å². The first kappa shape index (κ1) is 21.7. The Labute approximate surface area is 176 Å². The summed E-state index contributed by atoms with van der Waals surface area (Å²) in [5.74, 6) is 0.898. The van der Waals surface area contributed by atoms with E-state index in [2.05, 4.69) is 20.8 Å². The Bertz CT molecular complexity index is 869. The number of fused-ring (bicyclic) bond motifs is 1. The first-order valence-electron chi connectivity index (χ1n) is 10.3. The van der Waals surface area contributed by atoms with Crippen molar-refractivity contribution in [1.82, 2.24) is 0 Å². The molecular weight excluding hydrogens is 386 g/mol. The second kappa shape index (κ2) is 9.66. The Balaban J connectivity index is 1.57. The summed E-state index contributed by atoms with van der Waals surface area (Å²) in [6.45, 7) is 6.02. The molecule has 0 aromatic heterocycles. The van der Waals surface area contributed by atoms with Gasteiger partial charge in [0.1, 0.15) is 17.7 Å². The molecule has 0 N–H and O–H groups in total. The van der Waals surface area contributed by atoms with Gasteiger partial charge in [0.15, 0.2) is 18.1 Å². The van der Waals surface area contributed by atoms with Gasteiger partial charge in [-0.25, -0.2) is 9.59 Å². The fourth-order valence-electron chi connectivity index (χ4n) is 3.96. The Kier molecular flexibility index (Phi) is 6.99. The molecule has 3 rings (SSSR count). The zero-order valence-electron chi connectivity index (χ0n) is 17.6. The molecule has 0 spiro atoms. The van der Waals surface area contributed by atoms with E-state index in [1.54, 1.807) is 18.2 Å². The van der Waals surface area contributed by atoms with E-state index in [0.29, 0.717) is 34.8 Å². The number of nitriles is 1. The Morgan fingerprint density at radius 2 is 2.03 bits per heavy atom. The van der Waals surface area contributed by atoms with Crippen molar-refractivity contribution in [3.8, 4) is 17.6 Å². The Morgan fingerprint density at radius 1 is 1.27 bits per heavy atom. The van der Waals surface area contributed by atoms with Crippen molar-refractivity contribution >= 4 is 18.0 Å². The van der Waals surface area contributed by atoms with Gasteiger partial charge in [0, 0.05) is 0 Å². The third kappa shape index (κ3) is 5.32. The van der Waals surface area contributed by atoms with Crippen LogP contribution in [0.5, 0.6) is 11.5 Å². The minimum Gasteiger partial charge on any atom is -0.460 e. The highest BCUT2D eigenvalue weighted by molar-refractivity contribution is 5.98. The molecule has 0 unspecified atom stereocenters. The molecule has 1 aliphatic heterocycles. The van der Waals surface area contributed by atoms with E-state index in [-0.39, 0.29) is 18.5 Å². The average Bonchev–Trinajstić information content (AvgIpc) is 3.18. The molecule has 1 heterocycles. The van der Waals surface area contributed by atoms with Crippen molar-refractivity contribution in [2.24, 2.45) is 17.8 Å². The van der Waals surface area contributed by atoms with Crippen LogP contribution >= 0.6 is 0 Å². The quantitative estimate of drug-likeness (QED) is 0.397. The van der Waals surface area contributed by atoms with Crippen molar-refractivity contribution < 1.29 is 28.5 Å². The lowest BCUT2D eigenvalue weighted by atomic mass is 9.75. The molecule has 1 fully saturated rings. The lowest BCUT2D eigenvalue weighted by Gasteiger charge is -2.36. The van der Waals surface area contributed by atoms with Gasteiger partial charge in [-0.1, -0.05) is 33.3 Å². The number of nitrogens with zero attached hydrogens (tertiary/aromatic N) is 1. The van der Waals surface area contributed by atoms with E-state index >= 15 is 0 Å². The van der Waals surface area contributed by atoms with E-state index in [9.17, 15) is 14.9 Å². The Morgan fingerprint density at radius 3 is 2.77 bits per heavy atom. The highest BCUT2D eigenvalue weighted by atomic mass is 16.7. The Hall–Kier alpha value is -3.01. The first-order chi connectivity index (χ1) is 14.4. The molecule has 30 heavy (non-hydrogen) atoms. The molecule has 1 aromatic rings. The molecule has 0 amide bonds. The van der Waals surface area contributed by atoms with Gasteiger partial charge < -0.3 is 18.9 Å². The topological polar surface area (TPSA) is 94.9 Å². The number of carbonyl (C=O) groups is 2. The van der Waals surface area contributed by atoms with Crippen molar-refractivity contribution in [2.45, 2.75) is 46.1 Å². The van der Waals surface area contributed by atoms with Gasteiger partial charge in [-0.05, 0) is 54.4 Å². The number of esters is 2. The van der Waals surface area contributed by atoms with Gasteiger partial charge in [0.05, 0.1) is 0 Å². The van der Waals surface area contributed by atoms with Crippen LogP contribution < -0.4 is 9.47 Å². The number of benzene rings is 1. The van der Waals surface area contributed by atoms with Crippen molar-refractivity contribution in [3.63, 3.8) is 0 Å². The molecule has 7 heteroatoms. The van der Waals surface area contributed by atoms with Crippen molar-refractivity contribution in [1.29, 1.82) is 5.26 Å². The van der Waals surface area contributed by atoms with Gasteiger partial charge >= 0.3 is 11.9 Å². The van der Waals surface area contributed by atoms with Crippen LogP contribution in [-0.2, 0) is 19.1 Å². The molecule has 0 saturated heterocycles. The fourth-order valence-corrected chi connectivity index (χ4v) is 3.96. The number of hydrogen-bond donors (Lipinski definition) is 0. The van der Waals surface area contributed by atoms with E-state index in [1.165, 1.54) is 6.08 Å². The summed E-state index contributed by atoms with van der Waals surface area (Å²) in [6, 6.07) is 6.87. The molecule has 3 atom stereocenters. The number of ether oxygens (including phenoxy) is 4. The third-order valence-corrected chi connectivity index (χ3v) is 5.61. The minimum absolute atomic E-state index is 0.134. The molecule has 7 nitrogen and oxygen atoms in total. The highest BCUT2D eigenvalue weighted by Crippen LogP contribution is 2.35. The van der Waals surface area contributed by atoms with Crippen LogP contribution in [-0.4, -0.2) is 31.4 Å². The standard InChI is InChI=1S/C23H27NO6/c1-14(2)18-6-4-15(3)8-20(18)30-22(25)12-27-23(26)17(11-24)9-16-5-7-19-21(10-16)29-13-28-19/h5,7,9-10,14-15,18,20H,4,6,8,12-13H2,1-3H3/b17-9+/t15-,18+,20+/m0/s1. The summed E-state index contributed by atoms with van der Waals surface area (Å²) >= 11 is 0. The van der Waals surface area contributed by atoms with Crippen LogP contribution in [0.15, 0.2) is 23.8 Å². The van der Waals surface area contributed by atoms with E-state index in [0.717, 1.165) is 19.3 Å². The van der Waals surface area contributed by atoms with E-state index in [4.69, 9.17) is 18.9 Å². The summed E-state index contributed by atoms with van der Waals surface area (Å²) in [5.41, 5.74) is 0.374.